The maximum atomic E-state index is 13.1. The van der Waals surface area contributed by atoms with Gasteiger partial charge in [-0.3, -0.25) is 9.46 Å². The van der Waals surface area contributed by atoms with Crippen molar-refractivity contribution in [2.45, 2.75) is 96.6 Å². The Morgan fingerprint density at radius 2 is 1.60 bits per heavy atom. The molecule has 0 radical (unpaired) electrons. The first-order valence-corrected chi connectivity index (χ1v) is 21.4. The molecule has 0 bridgehead atoms. The SMILES string of the molecule is CCOP(=O)(CCCN1CCN(c2cc(N)nc(NCC3CCC(CNCCCNC4CCCCC4)CC3)n2)CC1c1ccccc1)OCC. The largest absolute Gasteiger partial charge is 0.383 e. The number of rotatable bonds is 20. The molecule has 0 amide bonds. The van der Waals surface area contributed by atoms with Gasteiger partial charge < -0.3 is 35.6 Å². The minimum absolute atomic E-state index is 0.166. The number of anilines is 3. The molecule has 50 heavy (non-hydrogen) atoms. The van der Waals surface area contributed by atoms with E-state index < -0.39 is 7.60 Å². The van der Waals surface area contributed by atoms with Crippen molar-refractivity contribution in [3.05, 3.63) is 42.0 Å². The van der Waals surface area contributed by atoms with Gasteiger partial charge >= 0.3 is 7.60 Å². The van der Waals surface area contributed by atoms with Crippen molar-refractivity contribution in [2.24, 2.45) is 11.8 Å². The highest BCUT2D eigenvalue weighted by molar-refractivity contribution is 7.53. The van der Waals surface area contributed by atoms with Gasteiger partial charge in [0.25, 0.3) is 0 Å². The highest BCUT2D eigenvalue weighted by Crippen LogP contribution is 2.48. The minimum atomic E-state index is -3.06. The van der Waals surface area contributed by atoms with Crippen LogP contribution in [0, 0.1) is 11.8 Å². The molecule has 5 rings (SSSR count). The zero-order valence-corrected chi connectivity index (χ0v) is 31.8. The van der Waals surface area contributed by atoms with Crippen LogP contribution in [-0.4, -0.2) is 92.6 Å². The normalized spacial score (nSPS) is 22.5. The van der Waals surface area contributed by atoms with Gasteiger partial charge in [-0.15, -0.1) is 0 Å². The fourth-order valence-electron chi connectivity index (χ4n) is 8.02. The van der Waals surface area contributed by atoms with E-state index in [1.165, 1.54) is 69.8 Å². The Balaban J connectivity index is 1.06. The van der Waals surface area contributed by atoms with Crippen LogP contribution in [-0.2, 0) is 13.6 Å². The number of hydrogen-bond acceptors (Lipinski definition) is 11. The van der Waals surface area contributed by atoms with Gasteiger partial charge in [-0.1, -0.05) is 49.6 Å². The molecule has 2 aromatic rings. The summed E-state index contributed by atoms with van der Waals surface area (Å²) in [6.45, 7) is 12.0. The number of nitrogens with two attached hydrogens (primary N) is 1. The molecule has 1 atom stereocenters. The molecule has 3 fully saturated rings. The maximum absolute atomic E-state index is 13.1. The summed E-state index contributed by atoms with van der Waals surface area (Å²) in [4.78, 5) is 14.3. The molecule has 5 N–H and O–H groups in total. The Labute approximate surface area is 301 Å². The smallest absolute Gasteiger partial charge is 0.330 e. The van der Waals surface area contributed by atoms with Crippen molar-refractivity contribution in [3.63, 3.8) is 0 Å². The third-order valence-corrected chi connectivity index (χ3v) is 12.9. The first-order chi connectivity index (χ1) is 24.4. The third kappa shape index (κ3) is 12.4. The van der Waals surface area contributed by atoms with Crippen LogP contribution in [0.4, 0.5) is 17.6 Å². The van der Waals surface area contributed by atoms with Crippen molar-refractivity contribution in [1.29, 1.82) is 0 Å². The van der Waals surface area contributed by atoms with Crippen LogP contribution in [0.5, 0.6) is 0 Å². The number of benzene rings is 1. The van der Waals surface area contributed by atoms with Crippen molar-refractivity contribution >= 4 is 25.2 Å². The summed E-state index contributed by atoms with van der Waals surface area (Å²) in [7, 11) is -3.06. The summed E-state index contributed by atoms with van der Waals surface area (Å²) in [5.74, 6) is 3.38. The van der Waals surface area contributed by atoms with E-state index in [1.54, 1.807) is 0 Å². The number of nitrogens with zero attached hydrogens (tertiary/aromatic N) is 4. The second kappa shape index (κ2) is 20.7. The van der Waals surface area contributed by atoms with Crippen LogP contribution >= 0.6 is 7.60 Å². The first kappa shape index (κ1) is 38.9. The Bertz CT molecular complexity index is 1280. The maximum Gasteiger partial charge on any atom is 0.330 e. The van der Waals surface area contributed by atoms with Crippen LogP contribution in [0.25, 0.3) is 0 Å². The fraction of sp³-hybridized carbons (Fsp3) is 0.737. The second-order valence-corrected chi connectivity index (χ2v) is 16.7. The Kier molecular flexibility index (Phi) is 16.1. The average Bonchev–Trinajstić information content (AvgIpc) is 3.13. The van der Waals surface area contributed by atoms with Gasteiger partial charge in [0, 0.05) is 38.3 Å². The Morgan fingerprint density at radius 1 is 0.880 bits per heavy atom. The lowest BCUT2D eigenvalue weighted by molar-refractivity contribution is 0.174. The van der Waals surface area contributed by atoms with Crippen molar-refractivity contribution < 1.29 is 13.6 Å². The van der Waals surface area contributed by atoms with Crippen molar-refractivity contribution in [2.75, 3.05) is 87.7 Å². The quantitative estimate of drug-likeness (QED) is 0.0865. The highest BCUT2D eigenvalue weighted by Gasteiger charge is 2.31. The van der Waals surface area contributed by atoms with Gasteiger partial charge in [-0.25, -0.2) is 0 Å². The molecule has 280 valence electrons. The third-order valence-electron chi connectivity index (χ3n) is 10.8. The molecule has 0 spiro atoms. The zero-order valence-electron chi connectivity index (χ0n) is 30.9. The number of nitrogen functional groups attached to an aromatic ring is 1. The molecular formula is C38H65N8O3P. The Morgan fingerprint density at radius 3 is 2.32 bits per heavy atom. The number of hydrogen-bond donors (Lipinski definition) is 4. The fourth-order valence-corrected chi connectivity index (χ4v) is 9.66. The van der Waals surface area contributed by atoms with E-state index in [2.05, 4.69) is 61.1 Å². The van der Waals surface area contributed by atoms with Crippen LogP contribution in [0.3, 0.4) is 0 Å². The molecule has 2 heterocycles. The zero-order chi connectivity index (χ0) is 35.0. The summed E-state index contributed by atoms with van der Waals surface area (Å²) < 4.78 is 24.2. The summed E-state index contributed by atoms with van der Waals surface area (Å²) >= 11 is 0. The molecule has 1 unspecified atom stereocenters. The molecular weight excluding hydrogens is 647 g/mol. The standard InChI is InChI=1S/C38H65N8O3P/c1-3-48-50(47,49-4-2)26-12-23-45-24-25-46(30-35(45)33-13-7-5-8-14-33)37-27-36(39)43-38(44-37)42-29-32-19-17-31(18-20-32)28-40-21-11-22-41-34-15-9-6-10-16-34/h5,7-8,13-14,27,31-32,34-35,40-41H,3-4,6,9-12,15-26,28-30H2,1-2H3,(H3,39,42,43,44). The van der Waals surface area contributed by atoms with E-state index in [9.17, 15) is 4.57 Å². The summed E-state index contributed by atoms with van der Waals surface area (Å²) in [6.07, 6.45) is 14.4. The molecule has 3 aliphatic rings. The van der Waals surface area contributed by atoms with E-state index in [0.717, 1.165) is 76.6 Å². The first-order valence-electron chi connectivity index (χ1n) is 19.7. The van der Waals surface area contributed by atoms with Crippen LogP contribution in [0.15, 0.2) is 36.4 Å². The lowest BCUT2D eigenvalue weighted by atomic mass is 9.82. The number of piperazine rings is 1. The molecule has 2 saturated carbocycles. The van der Waals surface area contributed by atoms with Gasteiger partial charge in [0.1, 0.15) is 11.6 Å². The van der Waals surface area contributed by atoms with Gasteiger partial charge in [0.2, 0.25) is 5.95 Å². The van der Waals surface area contributed by atoms with Gasteiger partial charge in [-0.05, 0) is 109 Å². The van der Waals surface area contributed by atoms with Crippen LogP contribution in [0.2, 0.25) is 0 Å². The van der Waals surface area contributed by atoms with Gasteiger partial charge in [0.15, 0.2) is 0 Å². The lowest BCUT2D eigenvalue weighted by Gasteiger charge is -2.42. The van der Waals surface area contributed by atoms with E-state index >= 15 is 0 Å². The van der Waals surface area contributed by atoms with Crippen LogP contribution < -0.4 is 26.6 Å². The molecule has 12 heteroatoms. The minimum Gasteiger partial charge on any atom is -0.383 e. The summed E-state index contributed by atoms with van der Waals surface area (Å²) in [5.41, 5.74) is 7.60. The van der Waals surface area contributed by atoms with E-state index in [0.29, 0.717) is 37.1 Å². The summed E-state index contributed by atoms with van der Waals surface area (Å²) in [6, 6.07) is 13.4. The number of nitrogens with one attached hydrogen (secondary N) is 3. The lowest BCUT2D eigenvalue weighted by Crippen LogP contribution is -2.49. The van der Waals surface area contributed by atoms with Crippen molar-refractivity contribution in [1.82, 2.24) is 25.5 Å². The molecule has 11 nitrogen and oxygen atoms in total. The predicted molar refractivity (Wildman–Crippen MR) is 206 cm³/mol. The second-order valence-electron chi connectivity index (χ2n) is 14.5. The highest BCUT2D eigenvalue weighted by atomic mass is 31.2. The average molecular weight is 713 g/mol. The van der Waals surface area contributed by atoms with Gasteiger partial charge in [-0.2, -0.15) is 9.97 Å². The molecule has 2 aliphatic carbocycles. The Hall–Kier alpha value is -2.27. The van der Waals surface area contributed by atoms with Crippen molar-refractivity contribution in [3.8, 4) is 0 Å². The molecule has 1 aliphatic heterocycles. The molecule has 1 aromatic carbocycles. The summed E-state index contributed by atoms with van der Waals surface area (Å²) in [5, 5.41) is 11.0. The molecule has 1 aromatic heterocycles. The van der Waals surface area contributed by atoms with Crippen LogP contribution in [0.1, 0.15) is 96.1 Å². The van der Waals surface area contributed by atoms with E-state index in [-0.39, 0.29) is 6.04 Å². The van der Waals surface area contributed by atoms with E-state index in [4.69, 9.17) is 19.8 Å². The number of aromatic nitrogens is 2. The van der Waals surface area contributed by atoms with E-state index in [1.807, 2.05) is 19.9 Å². The predicted octanol–water partition coefficient (Wildman–Crippen LogP) is 6.70. The van der Waals surface area contributed by atoms with Gasteiger partial charge in [0.05, 0.1) is 25.4 Å². The monoisotopic (exact) mass is 712 g/mol. The topological polar surface area (TPSA) is 130 Å². The molecule has 1 saturated heterocycles.